The molecule has 2 fully saturated rings. The second kappa shape index (κ2) is 7.87. The molecule has 1 aromatic rings. The number of hydrogen-bond donors (Lipinski definition) is 1. The maximum absolute atomic E-state index is 12.7. The van der Waals surface area contributed by atoms with Crippen molar-refractivity contribution in [1.29, 1.82) is 0 Å². The van der Waals surface area contributed by atoms with E-state index >= 15 is 0 Å². The molecule has 1 amide bonds. The van der Waals surface area contributed by atoms with E-state index in [1.807, 2.05) is 18.2 Å². The van der Waals surface area contributed by atoms with Crippen LogP contribution in [0.2, 0.25) is 0 Å². The molecule has 1 saturated carbocycles. The molecule has 0 spiro atoms. The number of sulfonamides is 1. The summed E-state index contributed by atoms with van der Waals surface area (Å²) >= 11 is 0. The van der Waals surface area contributed by atoms with E-state index in [0.717, 1.165) is 6.42 Å². The summed E-state index contributed by atoms with van der Waals surface area (Å²) in [6.45, 7) is 2.58. The molecule has 0 bridgehead atoms. The zero-order valence-electron chi connectivity index (χ0n) is 14.9. The summed E-state index contributed by atoms with van der Waals surface area (Å²) in [5.41, 5.74) is 1.25. The maximum atomic E-state index is 12.7. The number of carbonyl (C=O) groups excluding carboxylic acids is 1. The zero-order valence-corrected chi connectivity index (χ0v) is 15.7. The summed E-state index contributed by atoms with van der Waals surface area (Å²) < 4.78 is 25.4. The van der Waals surface area contributed by atoms with Gasteiger partial charge in [-0.25, -0.2) is 12.7 Å². The highest BCUT2D eigenvalue weighted by atomic mass is 32.2. The van der Waals surface area contributed by atoms with E-state index in [2.05, 4.69) is 17.4 Å². The number of carbonyl (C=O) groups is 1. The SMILES string of the molecule is CCS(=O)(=O)N1CCC(C(=O)NC(Cc2ccccc2)C2CC2)CC1. The predicted octanol–water partition coefficient (Wildman–Crippen LogP) is 2.19. The van der Waals surface area contributed by atoms with Gasteiger partial charge in [0.05, 0.1) is 5.75 Å². The molecule has 5 nitrogen and oxygen atoms in total. The molecule has 1 atom stereocenters. The molecule has 138 valence electrons. The molecule has 0 radical (unpaired) electrons. The number of nitrogens with zero attached hydrogens (tertiary/aromatic N) is 1. The molecule has 1 unspecified atom stereocenters. The van der Waals surface area contributed by atoms with Crippen molar-refractivity contribution >= 4 is 15.9 Å². The van der Waals surface area contributed by atoms with Gasteiger partial charge in [-0.15, -0.1) is 0 Å². The monoisotopic (exact) mass is 364 g/mol. The summed E-state index contributed by atoms with van der Waals surface area (Å²) in [6, 6.07) is 10.5. The molecule has 1 aromatic carbocycles. The van der Waals surface area contributed by atoms with Crippen molar-refractivity contribution in [1.82, 2.24) is 9.62 Å². The van der Waals surface area contributed by atoms with Crippen molar-refractivity contribution in [3.63, 3.8) is 0 Å². The lowest BCUT2D eigenvalue weighted by molar-refractivity contribution is -0.127. The van der Waals surface area contributed by atoms with E-state index in [9.17, 15) is 13.2 Å². The predicted molar refractivity (Wildman–Crippen MR) is 98.6 cm³/mol. The minimum atomic E-state index is -3.14. The Bertz CT molecular complexity index is 678. The average molecular weight is 365 g/mol. The Kier molecular flexibility index (Phi) is 5.79. The molecule has 1 N–H and O–H groups in total. The van der Waals surface area contributed by atoms with Gasteiger partial charge in [0, 0.05) is 25.0 Å². The van der Waals surface area contributed by atoms with Crippen LogP contribution in [0.3, 0.4) is 0 Å². The normalized spacial score (nSPS) is 21.0. The fourth-order valence-corrected chi connectivity index (χ4v) is 4.71. The van der Waals surface area contributed by atoms with Crippen LogP contribution in [0.25, 0.3) is 0 Å². The first-order valence-corrected chi connectivity index (χ1v) is 10.9. The fraction of sp³-hybridized carbons (Fsp3) is 0.632. The Morgan fingerprint density at radius 3 is 2.36 bits per heavy atom. The first-order chi connectivity index (χ1) is 12.0. The fourth-order valence-electron chi connectivity index (χ4n) is 3.58. The number of amides is 1. The van der Waals surface area contributed by atoms with Crippen molar-refractivity contribution in [2.24, 2.45) is 11.8 Å². The highest BCUT2D eigenvalue weighted by Gasteiger charge is 2.35. The largest absolute Gasteiger partial charge is 0.353 e. The Labute approximate surface area is 150 Å². The Hall–Kier alpha value is -1.40. The molecule has 0 aromatic heterocycles. The molecule has 1 aliphatic heterocycles. The van der Waals surface area contributed by atoms with Crippen LogP contribution in [0.15, 0.2) is 30.3 Å². The molecule has 3 rings (SSSR count). The Morgan fingerprint density at radius 2 is 1.80 bits per heavy atom. The van der Waals surface area contributed by atoms with E-state index in [-0.39, 0.29) is 23.6 Å². The van der Waals surface area contributed by atoms with Crippen molar-refractivity contribution in [3.05, 3.63) is 35.9 Å². The van der Waals surface area contributed by atoms with Gasteiger partial charge in [0.1, 0.15) is 0 Å². The Morgan fingerprint density at radius 1 is 1.16 bits per heavy atom. The number of nitrogens with one attached hydrogen (secondary N) is 1. The van der Waals surface area contributed by atoms with Crippen LogP contribution in [-0.4, -0.2) is 43.5 Å². The number of benzene rings is 1. The summed E-state index contributed by atoms with van der Waals surface area (Å²) in [6.07, 6.45) is 4.48. The second-order valence-corrected chi connectivity index (χ2v) is 9.47. The van der Waals surface area contributed by atoms with Crippen molar-refractivity contribution in [3.8, 4) is 0 Å². The van der Waals surface area contributed by atoms with Crippen molar-refractivity contribution in [2.75, 3.05) is 18.8 Å². The molecular formula is C19H28N2O3S. The summed E-state index contributed by atoms with van der Waals surface area (Å²) in [5.74, 6) is 0.747. The number of rotatable bonds is 7. The van der Waals surface area contributed by atoms with E-state index in [4.69, 9.17) is 0 Å². The van der Waals surface area contributed by atoms with Crippen molar-refractivity contribution in [2.45, 2.75) is 45.1 Å². The second-order valence-electron chi connectivity index (χ2n) is 7.22. The molecule has 2 aliphatic rings. The third-order valence-electron chi connectivity index (χ3n) is 5.40. The van der Waals surface area contributed by atoms with E-state index in [0.29, 0.717) is 31.8 Å². The third kappa shape index (κ3) is 4.82. The van der Waals surface area contributed by atoms with Gasteiger partial charge in [0.25, 0.3) is 0 Å². The minimum absolute atomic E-state index is 0.0691. The van der Waals surface area contributed by atoms with Crippen LogP contribution in [0, 0.1) is 11.8 Å². The van der Waals surface area contributed by atoms with Gasteiger partial charge < -0.3 is 5.32 Å². The van der Waals surface area contributed by atoms with Crippen LogP contribution in [-0.2, 0) is 21.2 Å². The van der Waals surface area contributed by atoms with Gasteiger partial charge >= 0.3 is 0 Å². The van der Waals surface area contributed by atoms with Gasteiger partial charge in [-0.05, 0) is 50.5 Å². The van der Waals surface area contributed by atoms with Crippen LogP contribution in [0.5, 0.6) is 0 Å². The van der Waals surface area contributed by atoms with Gasteiger partial charge in [-0.1, -0.05) is 30.3 Å². The molecule has 1 saturated heterocycles. The zero-order chi connectivity index (χ0) is 17.9. The quantitative estimate of drug-likeness (QED) is 0.806. The van der Waals surface area contributed by atoms with Gasteiger partial charge in [0.15, 0.2) is 0 Å². The van der Waals surface area contributed by atoms with Gasteiger partial charge in [-0.2, -0.15) is 0 Å². The molecule has 6 heteroatoms. The standard InChI is InChI=1S/C19H28N2O3S/c1-2-25(23,24)21-12-10-17(11-13-21)19(22)20-18(16-8-9-16)14-15-6-4-3-5-7-15/h3-7,16-18H,2,8-14H2,1H3,(H,20,22). The van der Waals surface area contributed by atoms with Crippen LogP contribution >= 0.6 is 0 Å². The van der Waals surface area contributed by atoms with Crippen LogP contribution < -0.4 is 5.32 Å². The molecule has 1 heterocycles. The smallest absolute Gasteiger partial charge is 0.223 e. The summed E-state index contributed by atoms with van der Waals surface area (Å²) in [4.78, 5) is 12.7. The highest BCUT2D eigenvalue weighted by molar-refractivity contribution is 7.89. The first-order valence-electron chi connectivity index (χ1n) is 9.31. The molecule has 25 heavy (non-hydrogen) atoms. The first kappa shape index (κ1) is 18.4. The summed E-state index contributed by atoms with van der Waals surface area (Å²) in [5, 5.41) is 3.26. The lowest BCUT2D eigenvalue weighted by Gasteiger charge is -2.31. The van der Waals surface area contributed by atoms with Crippen LogP contribution in [0.1, 0.15) is 38.2 Å². The Balaban J connectivity index is 1.54. The lowest BCUT2D eigenvalue weighted by Crippen LogP contribution is -2.46. The molecule has 1 aliphatic carbocycles. The lowest BCUT2D eigenvalue weighted by atomic mass is 9.95. The average Bonchev–Trinajstić information content (AvgIpc) is 3.47. The van der Waals surface area contributed by atoms with E-state index in [1.54, 1.807) is 6.92 Å². The topological polar surface area (TPSA) is 66.5 Å². The third-order valence-corrected chi connectivity index (χ3v) is 7.28. The van der Waals surface area contributed by atoms with Gasteiger partial charge in [-0.3, -0.25) is 4.79 Å². The van der Waals surface area contributed by atoms with E-state index in [1.165, 1.54) is 22.7 Å². The maximum Gasteiger partial charge on any atom is 0.223 e. The van der Waals surface area contributed by atoms with Gasteiger partial charge in [0.2, 0.25) is 15.9 Å². The minimum Gasteiger partial charge on any atom is -0.353 e. The van der Waals surface area contributed by atoms with Crippen molar-refractivity contribution < 1.29 is 13.2 Å². The van der Waals surface area contributed by atoms with E-state index < -0.39 is 10.0 Å². The molecular weight excluding hydrogens is 336 g/mol. The highest BCUT2D eigenvalue weighted by Crippen LogP contribution is 2.34. The number of hydrogen-bond acceptors (Lipinski definition) is 3. The summed E-state index contributed by atoms with van der Waals surface area (Å²) in [7, 11) is -3.14. The number of piperidine rings is 1. The van der Waals surface area contributed by atoms with Crippen LogP contribution in [0.4, 0.5) is 0 Å².